The van der Waals surface area contributed by atoms with Crippen molar-refractivity contribution in [2.75, 3.05) is 16.9 Å². The number of allylic oxidation sites excluding steroid dienone is 2. The number of aromatic nitrogens is 4. The summed E-state index contributed by atoms with van der Waals surface area (Å²) in [5.41, 5.74) is 5.08. The fourth-order valence-corrected chi connectivity index (χ4v) is 5.40. The Bertz CT molecular complexity index is 1510. The van der Waals surface area contributed by atoms with Gasteiger partial charge in [0, 0.05) is 41.5 Å². The van der Waals surface area contributed by atoms with Crippen LogP contribution in [0.3, 0.4) is 0 Å². The number of benzene rings is 1. The van der Waals surface area contributed by atoms with Crippen LogP contribution in [0.4, 0.5) is 11.4 Å². The number of carbonyl (C=O) groups is 2. The summed E-state index contributed by atoms with van der Waals surface area (Å²) in [6.07, 6.45) is 10.2. The molecule has 3 N–H and O–H groups in total. The lowest BCUT2D eigenvalue weighted by atomic mass is 9.82. The summed E-state index contributed by atoms with van der Waals surface area (Å²) in [7, 11) is 0. The second-order valence-corrected chi connectivity index (χ2v) is 10.0. The maximum absolute atomic E-state index is 13.9. The van der Waals surface area contributed by atoms with Crippen LogP contribution in [0.2, 0.25) is 0 Å². The van der Waals surface area contributed by atoms with Gasteiger partial charge in [-0.1, -0.05) is 42.1 Å². The monoisotopic (exact) mass is 551 g/mol. The number of thioether (sulfide) groups is 1. The first-order chi connectivity index (χ1) is 19.5. The molecule has 10 heteroatoms. The van der Waals surface area contributed by atoms with E-state index in [2.05, 4.69) is 35.5 Å². The van der Waals surface area contributed by atoms with E-state index in [4.69, 9.17) is 0 Å². The van der Waals surface area contributed by atoms with E-state index in [-0.39, 0.29) is 11.8 Å². The first-order valence-corrected chi connectivity index (χ1v) is 13.9. The molecule has 0 spiro atoms. The van der Waals surface area contributed by atoms with Crippen molar-refractivity contribution in [2.24, 2.45) is 0 Å². The van der Waals surface area contributed by atoms with E-state index < -0.39 is 5.92 Å². The van der Waals surface area contributed by atoms with Crippen molar-refractivity contribution >= 4 is 35.0 Å². The fourth-order valence-electron chi connectivity index (χ4n) is 4.85. The molecular weight excluding hydrogens is 522 g/mol. The number of rotatable bonds is 8. The first kappa shape index (κ1) is 26.9. The Labute approximate surface area is 236 Å². The third-order valence-electron chi connectivity index (χ3n) is 6.60. The molecule has 4 aromatic rings. The number of anilines is 2. The highest BCUT2D eigenvalue weighted by Crippen LogP contribution is 2.40. The molecule has 5 rings (SSSR count). The second-order valence-electron chi connectivity index (χ2n) is 9.27. The predicted molar refractivity (Wildman–Crippen MR) is 157 cm³/mol. The van der Waals surface area contributed by atoms with E-state index in [1.807, 2.05) is 50.4 Å². The Morgan fingerprint density at radius 3 is 1.93 bits per heavy atom. The largest absolute Gasteiger partial charge is 0.362 e. The van der Waals surface area contributed by atoms with Gasteiger partial charge in [-0.25, -0.2) is 4.98 Å². The van der Waals surface area contributed by atoms with Crippen molar-refractivity contribution in [3.63, 3.8) is 0 Å². The van der Waals surface area contributed by atoms with Crippen molar-refractivity contribution in [1.29, 1.82) is 0 Å². The molecule has 1 aliphatic rings. The van der Waals surface area contributed by atoms with Crippen LogP contribution in [-0.2, 0) is 16.1 Å². The molecule has 40 heavy (non-hydrogen) atoms. The zero-order valence-electron chi connectivity index (χ0n) is 22.4. The number of dihydropyridines is 1. The van der Waals surface area contributed by atoms with Crippen molar-refractivity contribution < 1.29 is 9.59 Å². The molecule has 0 saturated heterocycles. The Hall–Kier alpha value is -4.70. The van der Waals surface area contributed by atoms with Crippen molar-refractivity contribution in [3.8, 4) is 0 Å². The van der Waals surface area contributed by atoms with Crippen LogP contribution in [0.25, 0.3) is 0 Å². The number of hydrogen-bond acceptors (Lipinski definition) is 7. The Morgan fingerprint density at radius 1 is 0.850 bits per heavy atom. The third kappa shape index (κ3) is 5.67. The van der Waals surface area contributed by atoms with E-state index >= 15 is 0 Å². The van der Waals surface area contributed by atoms with Crippen LogP contribution >= 0.6 is 11.8 Å². The quantitative estimate of drug-likeness (QED) is 0.265. The first-order valence-electron chi connectivity index (χ1n) is 12.7. The number of imidazole rings is 1. The maximum Gasteiger partial charge on any atom is 0.254 e. The number of carbonyl (C=O) groups excluding carboxylic acids is 2. The molecule has 9 nitrogen and oxygen atoms in total. The van der Waals surface area contributed by atoms with Gasteiger partial charge in [-0.3, -0.25) is 19.6 Å². The molecule has 0 unspecified atom stereocenters. The second kappa shape index (κ2) is 12.0. The van der Waals surface area contributed by atoms with Crippen LogP contribution in [0.1, 0.15) is 31.0 Å². The van der Waals surface area contributed by atoms with Gasteiger partial charge in [-0.15, -0.1) is 0 Å². The zero-order valence-corrected chi connectivity index (χ0v) is 23.2. The lowest BCUT2D eigenvalue weighted by Crippen LogP contribution is -2.36. The molecular formula is C30H29N7O2S. The molecule has 1 aromatic carbocycles. The summed E-state index contributed by atoms with van der Waals surface area (Å²) in [5.74, 6) is -1.37. The average Bonchev–Trinajstić information content (AvgIpc) is 3.36. The summed E-state index contributed by atoms with van der Waals surface area (Å²) < 4.78 is 2.07. The summed E-state index contributed by atoms with van der Waals surface area (Å²) in [6.45, 7) is 4.22. The normalized spacial score (nSPS) is 13.7. The Morgan fingerprint density at radius 2 is 1.43 bits per heavy atom. The van der Waals surface area contributed by atoms with Crippen LogP contribution < -0.4 is 16.0 Å². The molecule has 3 aromatic heterocycles. The van der Waals surface area contributed by atoms with Gasteiger partial charge >= 0.3 is 0 Å². The molecule has 4 heterocycles. The van der Waals surface area contributed by atoms with Crippen LogP contribution in [0, 0.1) is 0 Å². The minimum Gasteiger partial charge on any atom is -0.362 e. The maximum atomic E-state index is 13.9. The summed E-state index contributed by atoms with van der Waals surface area (Å²) in [4.78, 5) is 40.7. The molecule has 0 saturated carbocycles. The van der Waals surface area contributed by atoms with Crippen molar-refractivity contribution in [1.82, 2.24) is 24.8 Å². The van der Waals surface area contributed by atoms with Gasteiger partial charge in [0.15, 0.2) is 5.16 Å². The highest BCUT2D eigenvalue weighted by atomic mass is 32.2. The van der Waals surface area contributed by atoms with E-state index in [1.165, 1.54) is 11.8 Å². The van der Waals surface area contributed by atoms with Gasteiger partial charge in [0.25, 0.3) is 11.8 Å². The molecule has 0 fully saturated rings. The number of nitrogens with one attached hydrogen (secondary N) is 3. The molecule has 0 aliphatic carbocycles. The summed E-state index contributed by atoms with van der Waals surface area (Å²) in [6, 6.07) is 17.1. The smallest absolute Gasteiger partial charge is 0.254 e. The average molecular weight is 552 g/mol. The van der Waals surface area contributed by atoms with Gasteiger partial charge in [0.05, 0.1) is 41.6 Å². The lowest BCUT2D eigenvalue weighted by molar-refractivity contribution is -0.113. The van der Waals surface area contributed by atoms with E-state index in [0.29, 0.717) is 40.5 Å². The van der Waals surface area contributed by atoms with Crippen LogP contribution in [-0.4, -0.2) is 37.6 Å². The standard InChI is InChI=1S/C30H29N7O2S/c1-19-25(28(38)35-22-11-7-13-31-15-22)27(26(20(2)34-19)29(39)36-23-12-8-14-32-16-23)24-17-33-30(40-3)37(24)18-21-9-5-4-6-10-21/h4-17,27,34H,18H2,1-3H3,(H,35,38)(H,36,39). The van der Waals surface area contributed by atoms with E-state index in [9.17, 15) is 9.59 Å². The molecule has 1 aliphatic heterocycles. The van der Waals surface area contributed by atoms with Gasteiger partial charge in [-0.2, -0.15) is 0 Å². The van der Waals surface area contributed by atoms with Gasteiger partial charge in [0.1, 0.15) is 0 Å². The lowest BCUT2D eigenvalue weighted by Gasteiger charge is -2.31. The number of hydrogen-bond donors (Lipinski definition) is 3. The zero-order chi connectivity index (χ0) is 28.1. The fraction of sp³-hybridized carbons (Fsp3) is 0.167. The van der Waals surface area contributed by atoms with Gasteiger partial charge in [-0.05, 0) is 49.9 Å². The number of amides is 2. The van der Waals surface area contributed by atoms with Crippen molar-refractivity contribution in [3.05, 3.63) is 119 Å². The molecule has 2 amide bonds. The summed E-state index contributed by atoms with van der Waals surface area (Å²) in [5, 5.41) is 9.97. The van der Waals surface area contributed by atoms with Crippen LogP contribution in [0.15, 0.2) is 113 Å². The SMILES string of the molecule is CSc1ncc(C2C(C(=O)Nc3cccnc3)=C(C)NC(C)=C2C(=O)Nc2cccnc2)n1Cc1ccccc1. The molecule has 202 valence electrons. The van der Waals surface area contributed by atoms with Gasteiger partial charge < -0.3 is 20.5 Å². The van der Waals surface area contributed by atoms with E-state index in [0.717, 1.165) is 16.4 Å². The van der Waals surface area contributed by atoms with Crippen molar-refractivity contribution in [2.45, 2.75) is 31.5 Å². The minimum atomic E-state index is -0.702. The van der Waals surface area contributed by atoms with Crippen LogP contribution in [0.5, 0.6) is 0 Å². The molecule has 0 bridgehead atoms. The topological polar surface area (TPSA) is 114 Å². The highest BCUT2D eigenvalue weighted by Gasteiger charge is 2.39. The molecule has 0 atom stereocenters. The van der Waals surface area contributed by atoms with Gasteiger partial charge in [0.2, 0.25) is 0 Å². The van der Waals surface area contributed by atoms with E-state index in [1.54, 1.807) is 55.2 Å². The Balaban J connectivity index is 1.63. The third-order valence-corrected chi connectivity index (χ3v) is 7.29. The minimum absolute atomic E-state index is 0.333. The number of pyridine rings is 2. The Kier molecular flexibility index (Phi) is 8.07. The number of nitrogens with zero attached hydrogens (tertiary/aromatic N) is 4. The molecule has 0 radical (unpaired) electrons. The predicted octanol–water partition coefficient (Wildman–Crippen LogP) is 4.96. The summed E-state index contributed by atoms with van der Waals surface area (Å²) >= 11 is 1.51. The highest BCUT2D eigenvalue weighted by molar-refractivity contribution is 7.98.